The van der Waals surface area contributed by atoms with Crippen LogP contribution in [-0.4, -0.2) is 15.9 Å². The van der Waals surface area contributed by atoms with E-state index in [-0.39, 0.29) is 5.69 Å². The van der Waals surface area contributed by atoms with Gasteiger partial charge in [0, 0.05) is 24.1 Å². The van der Waals surface area contributed by atoms with Gasteiger partial charge in [-0.05, 0) is 24.3 Å². The standard InChI is InChI=1S/C18H10F5N3O2/c19-10-7-11(20)9-12(8-10)26-16(27)15-17(25-6-5-24-15)28-14-4-2-1-3-13(14)18(21,22)23/h1-9H,(H,26,27). The van der Waals surface area contributed by atoms with Crippen molar-refractivity contribution in [2.24, 2.45) is 0 Å². The summed E-state index contributed by atoms with van der Waals surface area (Å²) in [4.78, 5) is 19.8. The van der Waals surface area contributed by atoms with E-state index in [9.17, 15) is 26.7 Å². The summed E-state index contributed by atoms with van der Waals surface area (Å²) in [6, 6.07) is 6.69. The van der Waals surface area contributed by atoms with Crippen LogP contribution in [0.5, 0.6) is 11.6 Å². The van der Waals surface area contributed by atoms with Crippen molar-refractivity contribution in [3.8, 4) is 11.6 Å². The van der Waals surface area contributed by atoms with Crippen LogP contribution in [0, 0.1) is 11.6 Å². The number of hydrogen-bond acceptors (Lipinski definition) is 4. The molecule has 10 heteroatoms. The van der Waals surface area contributed by atoms with Gasteiger partial charge in [-0.15, -0.1) is 0 Å². The van der Waals surface area contributed by atoms with Gasteiger partial charge < -0.3 is 10.1 Å². The number of carbonyl (C=O) groups is 1. The quantitative estimate of drug-likeness (QED) is 0.644. The minimum Gasteiger partial charge on any atom is -0.436 e. The first-order valence-electron chi connectivity index (χ1n) is 7.66. The first kappa shape index (κ1) is 19.2. The van der Waals surface area contributed by atoms with Crippen LogP contribution in [0.4, 0.5) is 27.6 Å². The number of benzene rings is 2. The summed E-state index contributed by atoms with van der Waals surface area (Å²) in [7, 11) is 0. The molecule has 3 rings (SSSR count). The third-order valence-corrected chi connectivity index (χ3v) is 3.40. The van der Waals surface area contributed by atoms with Crippen molar-refractivity contribution >= 4 is 11.6 Å². The lowest BCUT2D eigenvalue weighted by atomic mass is 10.2. The minimum absolute atomic E-state index is 0.213. The van der Waals surface area contributed by atoms with Gasteiger partial charge in [0.2, 0.25) is 0 Å². The van der Waals surface area contributed by atoms with Gasteiger partial charge in [0.15, 0.2) is 5.69 Å². The third-order valence-electron chi connectivity index (χ3n) is 3.40. The van der Waals surface area contributed by atoms with Crippen LogP contribution in [0.15, 0.2) is 54.9 Å². The number of rotatable bonds is 4. The fraction of sp³-hybridized carbons (Fsp3) is 0.0556. The molecule has 1 aromatic heterocycles. The van der Waals surface area contributed by atoms with E-state index in [0.29, 0.717) is 6.07 Å². The summed E-state index contributed by atoms with van der Waals surface area (Å²) in [6.07, 6.45) is -2.46. The largest absolute Gasteiger partial charge is 0.436 e. The fourth-order valence-electron chi connectivity index (χ4n) is 2.27. The summed E-state index contributed by atoms with van der Waals surface area (Å²) in [5, 5.41) is 2.19. The van der Waals surface area contributed by atoms with Gasteiger partial charge in [-0.1, -0.05) is 12.1 Å². The maximum absolute atomic E-state index is 13.3. The van der Waals surface area contributed by atoms with Crippen LogP contribution in [0.3, 0.4) is 0 Å². The molecule has 0 aliphatic carbocycles. The number of para-hydroxylation sites is 1. The number of nitrogens with one attached hydrogen (secondary N) is 1. The topological polar surface area (TPSA) is 64.1 Å². The first-order valence-corrected chi connectivity index (χ1v) is 7.66. The number of nitrogens with zero attached hydrogens (tertiary/aromatic N) is 2. The Kier molecular flexibility index (Phi) is 5.21. The molecule has 0 saturated carbocycles. The Hall–Kier alpha value is -3.56. The highest BCUT2D eigenvalue weighted by Crippen LogP contribution is 2.37. The molecule has 0 saturated heterocycles. The molecule has 1 heterocycles. The van der Waals surface area contributed by atoms with Crippen LogP contribution < -0.4 is 10.1 Å². The number of anilines is 1. The molecule has 0 bridgehead atoms. The number of alkyl halides is 3. The fourth-order valence-corrected chi connectivity index (χ4v) is 2.27. The van der Waals surface area contributed by atoms with Crippen LogP contribution in [0.25, 0.3) is 0 Å². The number of amides is 1. The van der Waals surface area contributed by atoms with E-state index in [0.717, 1.165) is 36.7 Å². The Balaban J connectivity index is 1.91. The number of ether oxygens (including phenoxy) is 1. The van der Waals surface area contributed by atoms with Crippen LogP contribution >= 0.6 is 0 Å². The monoisotopic (exact) mass is 395 g/mol. The molecule has 2 aromatic carbocycles. The van der Waals surface area contributed by atoms with E-state index >= 15 is 0 Å². The highest BCUT2D eigenvalue weighted by Gasteiger charge is 2.34. The molecule has 0 radical (unpaired) electrons. The predicted molar refractivity (Wildman–Crippen MR) is 87.9 cm³/mol. The van der Waals surface area contributed by atoms with Gasteiger partial charge >= 0.3 is 6.18 Å². The lowest BCUT2D eigenvalue weighted by Crippen LogP contribution is -2.16. The van der Waals surface area contributed by atoms with Gasteiger partial charge in [-0.3, -0.25) is 4.79 Å². The summed E-state index contributed by atoms with van der Waals surface area (Å²) >= 11 is 0. The molecular weight excluding hydrogens is 385 g/mol. The number of carbonyl (C=O) groups excluding carboxylic acids is 1. The first-order chi connectivity index (χ1) is 13.2. The molecule has 28 heavy (non-hydrogen) atoms. The van der Waals surface area contributed by atoms with Crippen LogP contribution in [0.2, 0.25) is 0 Å². The highest BCUT2D eigenvalue weighted by molar-refractivity contribution is 6.04. The normalized spacial score (nSPS) is 11.2. The zero-order chi connectivity index (χ0) is 20.3. The third kappa shape index (κ3) is 4.40. The molecule has 0 aliphatic rings. The lowest BCUT2D eigenvalue weighted by Gasteiger charge is -2.14. The zero-order valence-corrected chi connectivity index (χ0v) is 13.8. The van der Waals surface area contributed by atoms with Gasteiger partial charge in [0.05, 0.1) is 5.56 Å². The van der Waals surface area contributed by atoms with Crippen molar-refractivity contribution in [3.05, 3.63) is 77.8 Å². The SMILES string of the molecule is O=C(Nc1cc(F)cc(F)c1)c1nccnc1Oc1ccccc1C(F)(F)F. The van der Waals surface area contributed by atoms with Gasteiger partial charge in [-0.25, -0.2) is 18.7 Å². The molecule has 0 unspecified atom stereocenters. The van der Waals surface area contributed by atoms with E-state index in [1.54, 1.807) is 0 Å². The van der Waals surface area contributed by atoms with E-state index in [1.807, 2.05) is 0 Å². The van der Waals surface area contributed by atoms with Crippen molar-refractivity contribution in [2.75, 3.05) is 5.32 Å². The van der Waals surface area contributed by atoms with Crippen molar-refractivity contribution < 1.29 is 31.5 Å². The minimum atomic E-state index is -4.69. The molecular formula is C18H10F5N3O2. The molecule has 3 aromatic rings. The molecule has 5 nitrogen and oxygen atoms in total. The van der Waals surface area contributed by atoms with Crippen LogP contribution in [0.1, 0.15) is 16.1 Å². The van der Waals surface area contributed by atoms with Gasteiger partial charge in [0.1, 0.15) is 17.4 Å². The van der Waals surface area contributed by atoms with E-state index < -0.39 is 46.6 Å². The second-order valence-corrected chi connectivity index (χ2v) is 5.42. The predicted octanol–water partition coefficient (Wildman–Crippen LogP) is 4.82. The van der Waals surface area contributed by atoms with E-state index in [1.165, 1.54) is 12.1 Å². The van der Waals surface area contributed by atoms with Gasteiger partial charge in [0.25, 0.3) is 11.8 Å². The smallest absolute Gasteiger partial charge is 0.419 e. The number of halogens is 5. The molecule has 0 atom stereocenters. The molecule has 0 fully saturated rings. The van der Waals surface area contributed by atoms with E-state index in [4.69, 9.17) is 4.74 Å². The Morgan fingerprint density at radius 2 is 1.61 bits per heavy atom. The van der Waals surface area contributed by atoms with Crippen molar-refractivity contribution in [1.29, 1.82) is 0 Å². The summed E-state index contributed by atoms with van der Waals surface area (Å²) in [6.45, 7) is 0. The average Bonchev–Trinajstić information content (AvgIpc) is 2.61. The molecule has 1 N–H and O–H groups in total. The van der Waals surface area contributed by atoms with Gasteiger partial charge in [-0.2, -0.15) is 13.2 Å². The zero-order valence-electron chi connectivity index (χ0n) is 13.8. The molecule has 144 valence electrons. The Bertz CT molecular complexity index is 1000. The van der Waals surface area contributed by atoms with Crippen molar-refractivity contribution in [3.63, 3.8) is 0 Å². The lowest BCUT2D eigenvalue weighted by molar-refractivity contribution is -0.138. The Morgan fingerprint density at radius 1 is 0.964 bits per heavy atom. The second kappa shape index (κ2) is 7.59. The summed E-state index contributed by atoms with van der Waals surface area (Å²) in [5.74, 6) is -3.91. The van der Waals surface area contributed by atoms with E-state index in [2.05, 4.69) is 15.3 Å². The Morgan fingerprint density at radius 3 is 2.29 bits per heavy atom. The average molecular weight is 395 g/mol. The maximum Gasteiger partial charge on any atom is 0.419 e. The Labute approximate surface area is 154 Å². The molecule has 0 spiro atoms. The highest BCUT2D eigenvalue weighted by atomic mass is 19.4. The molecule has 1 amide bonds. The number of aromatic nitrogens is 2. The van der Waals surface area contributed by atoms with Crippen molar-refractivity contribution in [1.82, 2.24) is 9.97 Å². The second-order valence-electron chi connectivity index (χ2n) is 5.42. The summed E-state index contributed by atoms with van der Waals surface area (Å²) < 4.78 is 71.0. The maximum atomic E-state index is 13.3. The number of hydrogen-bond donors (Lipinski definition) is 1. The van der Waals surface area contributed by atoms with Crippen LogP contribution in [-0.2, 0) is 6.18 Å². The molecule has 0 aliphatic heterocycles. The van der Waals surface area contributed by atoms with Crippen molar-refractivity contribution in [2.45, 2.75) is 6.18 Å². The summed E-state index contributed by atoms with van der Waals surface area (Å²) in [5.41, 5.74) is -1.75.